The number of nitrogens with zero attached hydrogens (tertiary/aromatic N) is 2. The minimum absolute atomic E-state index is 0.176. The number of carbonyl (C=O) groups excluding carboxylic acids is 1. The van der Waals surface area contributed by atoms with E-state index in [9.17, 15) is 4.79 Å². The van der Waals surface area contributed by atoms with Crippen molar-refractivity contribution in [2.75, 3.05) is 7.11 Å². The van der Waals surface area contributed by atoms with Crippen LogP contribution in [0, 0.1) is 19.8 Å². The summed E-state index contributed by atoms with van der Waals surface area (Å²) in [7, 11) is 1.42. The number of aromatic nitrogens is 2. The van der Waals surface area contributed by atoms with Gasteiger partial charge in [-0.05, 0) is 19.8 Å². The van der Waals surface area contributed by atoms with Crippen LogP contribution in [-0.2, 0) is 16.1 Å². The zero-order valence-corrected chi connectivity index (χ0v) is 13.4. The first kappa shape index (κ1) is 15.0. The predicted molar refractivity (Wildman–Crippen MR) is 80.0 cm³/mol. The highest BCUT2D eigenvalue weighted by Gasteiger charge is 2.23. The van der Waals surface area contributed by atoms with E-state index in [1.165, 1.54) is 12.8 Å². The molecule has 2 rings (SSSR count). The van der Waals surface area contributed by atoms with E-state index in [0.717, 1.165) is 16.3 Å². The van der Waals surface area contributed by atoms with Crippen molar-refractivity contribution in [1.82, 2.24) is 14.7 Å². The maximum atomic E-state index is 11.8. The predicted octanol–water partition coefficient (Wildman–Crippen LogP) is 2.30. The van der Waals surface area contributed by atoms with Gasteiger partial charge in [0.1, 0.15) is 6.04 Å². The first-order chi connectivity index (χ1) is 9.45. The zero-order valence-electron chi connectivity index (χ0n) is 12.6. The Labute approximate surface area is 123 Å². The van der Waals surface area contributed by atoms with Crippen LogP contribution in [0.3, 0.4) is 0 Å². The minimum Gasteiger partial charge on any atom is -0.468 e. The number of imidazole rings is 1. The average molecular weight is 295 g/mol. The third-order valence-electron chi connectivity index (χ3n) is 3.44. The van der Waals surface area contributed by atoms with E-state index in [2.05, 4.69) is 27.0 Å². The number of hydrogen-bond donors (Lipinski definition) is 1. The fourth-order valence-electron chi connectivity index (χ4n) is 2.30. The Bertz CT molecular complexity index is 615. The Morgan fingerprint density at radius 1 is 1.50 bits per heavy atom. The quantitative estimate of drug-likeness (QED) is 0.860. The maximum Gasteiger partial charge on any atom is 0.323 e. The summed E-state index contributed by atoms with van der Waals surface area (Å²) >= 11 is 1.63. The lowest BCUT2D eigenvalue weighted by Crippen LogP contribution is -2.41. The van der Waals surface area contributed by atoms with Crippen LogP contribution in [0.4, 0.5) is 0 Å². The van der Waals surface area contributed by atoms with Crippen LogP contribution in [0.5, 0.6) is 0 Å². The lowest BCUT2D eigenvalue weighted by Gasteiger charge is -2.19. The minimum atomic E-state index is -0.302. The SMILES string of the molecule is COC(=O)C(NCc1c(C)nc2scc(C)n12)C(C)C. The van der Waals surface area contributed by atoms with Crippen LogP contribution in [0.15, 0.2) is 5.38 Å². The third kappa shape index (κ3) is 2.71. The Morgan fingerprint density at radius 3 is 2.80 bits per heavy atom. The van der Waals surface area contributed by atoms with Gasteiger partial charge >= 0.3 is 5.97 Å². The van der Waals surface area contributed by atoms with Crippen molar-refractivity contribution in [3.8, 4) is 0 Å². The molecule has 1 atom stereocenters. The molecular weight excluding hydrogens is 274 g/mol. The normalized spacial score (nSPS) is 13.1. The number of methoxy groups -OCH3 is 1. The molecule has 1 unspecified atom stereocenters. The van der Waals surface area contributed by atoms with Gasteiger partial charge in [-0.1, -0.05) is 13.8 Å². The van der Waals surface area contributed by atoms with Crippen molar-refractivity contribution < 1.29 is 9.53 Å². The molecule has 1 N–H and O–H groups in total. The largest absolute Gasteiger partial charge is 0.468 e. The first-order valence-corrected chi connectivity index (χ1v) is 7.57. The van der Waals surface area contributed by atoms with Crippen molar-refractivity contribution in [1.29, 1.82) is 0 Å². The molecule has 6 heteroatoms. The Kier molecular flexibility index (Phi) is 4.45. The van der Waals surface area contributed by atoms with Crippen LogP contribution in [0.2, 0.25) is 0 Å². The van der Waals surface area contributed by atoms with Gasteiger partial charge in [0.05, 0.1) is 18.5 Å². The number of carbonyl (C=O) groups is 1. The van der Waals surface area contributed by atoms with Crippen LogP contribution in [-0.4, -0.2) is 28.5 Å². The fraction of sp³-hybridized carbons (Fsp3) is 0.571. The van der Waals surface area contributed by atoms with Gasteiger partial charge in [-0.3, -0.25) is 14.5 Å². The summed E-state index contributed by atoms with van der Waals surface area (Å²) in [5.41, 5.74) is 3.27. The molecule has 5 nitrogen and oxygen atoms in total. The second-order valence-electron chi connectivity index (χ2n) is 5.26. The van der Waals surface area contributed by atoms with E-state index in [0.29, 0.717) is 6.54 Å². The van der Waals surface area contributed by atoms with Crippen molar-refractivity contribution in [3.63, 3.8) is 0 Å². The number of rotatable bonds is 5. The molecule has 0 aromatic carbocycles. The molecular formula is C14H21N3O2S. The number of ether oxygens (including phenoxy) is 1. The van der Waals surface area contributed by atoms with Crippen molar-refractivity contribution in [3.05, 3.63) is 22.5 Å². The van der Waals surface area contributed by atoms with Gasteiger partial charge in [0.2, 0.25) is 0 Å². The molecule has 2 aromatic rings. The summed E-state index contributed by atoms with van der Waals surface area (Å²) in [4.78, 5) is 17.3. The van der Waals surface area contributed by atoms with Gasteiger partial charge in [-0.15, -0.1) is 11.3 Å². The smallest absolute Gasteiger partial charge is 0.323 e. The summed E-state index contributed by atoms with van der Waals surface area (Å²) in [5, 5.41) is 5.38. The number of aryl methyl sites for hydroxylation is 2. The van der Waals surface area contributed by atoms with Gasteiger partial charge < -0.3 is 4.74 Å². The highest BCUT2D eigenvalue weighted by Crippen LogP contribution is 2.20. The second kappa shape index (κ2) is 5.93. The Balaban J connectivity index is 2.21. The summed E-state index contributed by atoms with van der Waals surface area (Å²) in [5.74, 6) is -0.0461. The molecule has 0 aliphatic carbocycles. The van der Waals surface area contributed by atoms with E-state index in [1.54, 1.807) is 11.3 Å². The zero-order chi connectivity index (χ0) is 14.9. The molecule has 0 fully saturated rings. The van der Waals surface area contributed by atoms with Crippen LogP contribution >= 0.6 is 11.3 Å². The molecule has 0 amide bonds. The van der Waals surface area contributed by atoms with Crippen molar-refractivity contribution >= 4 is 22.3 Å². The Morgan fingerprint density at radius 2 is 2.20 bits per heavy atom. The van der Waals surface area contributed by atoms with Crippen LogP contribution < -0.4 is 5.32 Å². The van der Waals surface area contributed by atoms with Gasteiger partial charge in [-0.2, -0.15) is 0 Å². The Hall–Kier alpha value is -1.40. The van der Waals surface area contributed by atoms with E-state index in [4.69, 9.17) is 4.74 Å². The summed E-state index contributed by atoms with van der Waals surface area (Å²) in [6.45, 7) is 8.67. The molecule has 2 heterocycles. The molecule has 0 saturated heterocycles. The van der Waals surface area contributed by atoms with E-state index in [1.807, 2.05) is 20.8 Å². The summed E-state index contributed by atoms with van der Waals surface area (Å²) in [6.07, 6.45) is 0. The standard InChI is InChI=1S/C14H21N3O2S/c1-8(2)12(13(18)19-5)15-6-11-10(4)16-14-17(11)9(3)7-20-14/h7-8,12,15H,6H2,1-5H3. The van der Waals surface area contributed by atoms with Gasteiger partial charge in [0, 0.05) is 17.6 Å². The number of esters is 1. The monoisotopic (exact) mass is 295 g/mol. The molecule has 20 heavy (non-hydrogen) atoms. The lowest BCUT2D eigenvalue weighted by atomic mass is 10.0. The van der Waals surface area contributed by atoms with Crippen molar-refractivity contribution in [2.45, 2.75) is 40.3 Å². The van der Waals surface area contributed by atoms with Crippen LogP contribution in [0.25, 0.3) is 4.96 Å². The van der Waals surface area contributed by atoms with Gasteiger partial charge in [-0.25, -0.2) is 4.98 Å². The van der Waals surface area contributed by atoms with E-state index >= 15 is 0 Å². The maximum absolute atomic E-state index is 11.8. The molecule has 2 aromatic heterocycles. The molecule has 0 bridgehead atoms. The molecule has 0 saturated carbocycles. The average Bonchev–Trinajstić information content (AvgIpc) is 2.89. The number of nitrogens with one attached hydrogen (secondary N) is 1. The number of thiazole rings is 1. The van der Waals surface area contributed by atoms with Crippen molar-refractivity contribution in [2.24, 2.45) is 5.92 Å². The van der Waals surface area contributed by atoms with Gasteiger partial charge in [0.15, 0.2) is 4.96 Å². The highest BCUT2D eigenvalue weighted by atomic mass is 32.1. The molecule has 0 aliphatic heterocycles. The summed E-state index contributed by atoms with van der Waals surface area (Å²) in [6, 6.07) is -0.302. The lowest BCUT2D eigenvalue weighted by molar-refractivity contribution is -0.144. The topological polar surface area (TPSA) is 55.6 Å². The van der Waals surface area contributed by atoms with E-state index in [-0.39, 0.29) is 17.9 Å². The van der Waals surface area contributed by atoms with E-state index < -0.39 is 0 Å². The number of hydrogen-bond acceptors (Lipinski definition) is 5. The first-order valence-electron chi connectivity index (χ1n) is 6.69. The summed E-state index contributed by atoms with van der Waals surface area (Å²) < 4.78 is 6.99. The highest BCUT2D eigenvalue weighted by molar-refractivity contribution is 7.15. The van der Waals surface area contributed by atoms with Crippen LogP contribution in [0.1, 0.15) is 30.9 Å². The van der Waals surface area contributed by atoms with Gasteiger partial charge in [0.25, 0.3) is 0 Å². The molecule has 0 aliphatic rings. The fourth-order valence-corrected chi connectivity index (χ4v) is 3.23. The number of fused-ring (bicyclic) bond motifs is 1. The molecule has 0 radical (unpaired) electrons. The second-order valence-corrected chi connectivity index (χ2v) is 6.10. The third-order valence-corrected chi connectivity index (χ3v) is 4.38. The molecule has 0 spiro atoms. The molecule has 110 valence electrons.